The van der Waals surface area contributed by atoms with Crippen molar-refractivity contribution >= 4 is 29.6 Å². The molecule has 22 heavy (non-hydrogen) atoms. The van der Waals surface area contributed by atoms with E-state index in [0.717, 1.165) is 10.9 Å². The molecular formula is C18H19BINO. The first-order valence-electron chi connectivity index (χ1n) is 7.97. The molecule has 2 nitrogen and oxygen atoms in total. The summed E-state index contributed by atoms with van der Waals surface area (Å²) < 4.78 is 7.77. The van der Waals surface area contributed by atoms with Gasteiger partial charge in [-0.05, 0) is 30.5 Å². The van der Waals surface area contributed by atoms with Gasteiger partial charge >= 0.3 is 7.05 Å². The molecule has 0 amide bonds. The van der Waals surface area contributed by atoms with Crippen molar-refractivity contribution in [2.45, 2.75) is 24.5 Å². The maximum Gasteiger partial charge on any atom is 0.394 e. The lowest BCUT2D eigenvalue weighted by Crippen LogP contribution is -2.41. The number of fused-ring (bicyclic) bond motifs is 1. The molecule has 2 heterocycles. The van der Waals surface area contributed by atoms with Crippen molar-refractivity contribution in [2.75, 3.05) is 10.9 Å². The van der Waals surface area contributed by atoms with Crippen LogP contribution in [0, 0.1) is 0 Å². The fourth-order valence-electron chi connectivity index (χ4n) is 4.11. The molecule has 2 aliphatic rings. The zero-order chi connectivity index (χ0) is 15.0. The number of nitrogens with zero attached hydrogens (tertiary/aromatic N) is 1. The Bertz CT molecular complexity index is 597. The second-order valence-corrected chi connectivity index (χ2v) is 6.97. The highest BCUT2D eigenvalue weighted by Gasteiger charge is 2.57. The van der Waals surface area contributed by atoms with Crippen molar-refractivity contribution in [3.8, 4) is 0 Å². The van der Waals surface area contributed by atoms with Crippen LogP contribution >= 0.6 is 22.6 Å². The summed E-state index contributed by atoms with van der Waals surface area (Å²) in [5.41, 5.74) is 2.24. The first kappa shape index (κ1) is 14.7. The van der Waals surface area contributed by atoms with Gasteiger partial charge in [0.1, 0.15) is 5.60 Å². The third kappa shape index (κ3) is 2.15. The molecule has 2 aromatic rings. The molecule has 2 aromatic carbocycles. The van der Waals surface area contributed by atoms with Crippen molar-refractivity contribution in [1.82, 2.24) is 4.81 Å². The quantitative estimate of drug-likeness (QED) is 0.438. The van der Waals surface area contributed by atoms with Crippen molar-refractivity contribution < 1.29 is 4.65 Å². The van der Waals surface area contributed by atoms with Crippen LogP contribution in [-0.2, 0) is 10.3 Å². The van der Waals surface area contributed by atoms with Crippen LogP contribution in [0.3, 0.4) is 0 Å². The monoisotopic (exact) mass is 403 g/mol. The fraction of sp³-hybridized carbons (Fsp3) is 0.333. The van der Waals surface area contributed by atoms with Crippen molar-refractivity contribution in [3.63, 3.8) is 0 Å². The van der Waals surface area contributed by atoms with E-state index in [9.17, 15) is 0 Å². The molecule has 2 saturated heterocycles. The van der Waals surface area contributed by atoms with Gasteiger partial charge in [-0.2, -0.15) is 0 Å². The lowest BCUT2D eigenvalue weighted by molar-refractivity contribution is 0.106. The average Bonchev–Trinajstić information content (AvgIpc) is 3.18. The summed E-state index contributed by atoms with van der Waals surface area (Å²) in [4.78, 5) is 2.58. The highest BCUT2D eigenvalue weighted by atomic mass is 127. The number of hydrogen-bond acceptors (Lipinski definition) is 2. The second kappa shape index (κ2) is 5.98. The van der Waals surface area contributed by atoms with Gasteiger partial charge in [0, 0.05) is 10.4 Å². The fourth-order valence-corrected chi connectivity index (χ4v) is 4.80. The molecule has 0 aliphatic carbocycles. The van der Waals surface area contributed by atoms with Gasteiger partial charge in [-0.25, -0.2) is 0 Å². The van der Waals surface area contributed by atoms with E-state index < -0.39 is 0 Å². The van der Waals surface area contributed by atoms with Crippen molar-refractivity contribution in [2.24, 2.45) is 0 Å². The first-order valence-corrected chi connectivity index (χ1v) is 9.49. The van der Waals surface area contributed by atoms with Gasteiger partial charge in [-0.15, -0.1) is 0 Å². The molecule has 0 spiro atoms. The van der Waals surface area contributed by atoms with E-state index in [4.69, 9.17) is 4.65 Å². The smallest absolute Gasteiger partial charge is 0.394 e. The van der Waals surface area contributed by atoms with E-state index in [-0.39, 0.29) is 12.7 Å². The minimum absolute atomic E-state index is 0.216. The lowest BCUT2D eigenvalue weighted by Gasteiger charge is -2.36. The van der Waals surface area contributed by atoms with Gasteiger partial charge < -0.3 is 9.47 Å². The van der Waals surface area contributed by atoms with E-state index in [0.29, 0.717) is 6.04 Å². The molecule has 0 saturated carbocycles. The highest BCUT2D eigenvalue weighted by molar-refractivity contribution is 14.1. The van der Waals surface area contributed by atoms with Gasteiger partial charge in [0.25, 0.3) is 0 Å². The Hall–Kier alpha value is -0.845. The molecule has 4 rings (SSSR count). The molecular weight excluding hydrogens is 384 g/mol. The molecule has 4 heteroatoms. The maximum absolute atomic E-state index is 6.76. The number of alkyl halides is 1. The second-order valence-electron chi connectivity index (χ2n) is 6.09. The summed E-state index contributed by atoms with van der Waals surface area (Å²) in [6, 6.07) is 22.0. The average molecular weight is 403 g/mol. The topological polar surface area (TPSA) is 12.5 Å². The van der Waals surface area contributed by atoms with E-state index in [1.54, 1.807) is 0 Å². The summed E-state index contributed by atoms with van der Waals surface area (Å²) in [5, 5.41) is 0. The SMILES string of the molecule is ICB1OC(c2ccccc2)(c2ccccc2)[C@H]2CCCN12. The van der Waals surface area contributed by atoms with Gasteiger partial charge in [-0.1, -0.05) is 83.3 Å². The Balaban J connectivity index is 1.90. The van der Waals surface area contributed by atoms with Crippen LogP contribution < -0.4 is 0 Å². The van der Waals surface area contributed by atoms with E-state index in [1.807, 2.05) is 0 Å². The first-order chi connectivity index (χ1) is 10.9. The number of benzene rings is 2. The zero-order valence-electron chi connectivity index (χ0n) is 12.5. The van der Waals surface area contributed by atoms with Gasteiger partial charge in [0.15, 0.2) is 0 Å². The molecule has 2 fully saturated rings. The summed E-state index contributed by atoms with van der Waals surface area (Å²) >= 11 is 2.45. The van der Waals surface area contributed by atoms with Crippen LogP contribution in [0.15, 0.2) is 60.7 Å². The zero-order valence-corrected chi connectivity index (χ0v) is 14.6. The Morgan fingerprint density at radius 2 is 1.64 bits per heavy atom. The Kier molecular flexibility index (Phi) is 4.01. The standard InChI is InChI=1S/C18H19BINO/c20-14-19-21-13-7-12-17(21)18(22-19,15-8-3-1-4-9-15)16-10-5-2-6-11-16/h1-6,8-11,17H,7,12-14H2/t17-/m1/s1. The Morgan fingerprint density at radius 3 is 2.18 bits per heavy atom. The van der Waals surface area contributed by atoms with Crippen LogP contribution in [0.5, 0.6) is 0 Å². The van der Waals surface area contributed by atoms with E-state index in [1.165, 1.54) is 24.0 Å². The molecule has 0 bridgehead atoms. The predicted molar refractivity (Wildman–Crippen MR) is 99.1 cm³/mol. The molecule has 2 aliphatic heterocycles. The third-order valence-corrected chi connectivity index (χ3v) is 5.75. The van der Waals surface area contributed by atoms with Crippen molar-refractivity contribution in [1.29, 1.82) is 0 Å². The summed E-state index contributed by atoms with van der Waals surface area (Å²) in [5.74, 6) is 0. The summed E-state index contributed by atoms with van der Waals surface area (Å²) in [7, 11) is 0.216. The Labute approximate surface area is 146 Å². The molecule has 1 atom stereocenters. The van der Waals surface area contributed by atoms with Gasteiger partial charge in [0.05, 0.1) is 0 Å². The van der Waals surface area contributed by atoms with Crippen molar-refractivity contribution in [3.05, 3.63) is 71.8 Å². The highest BCUT2D eigenvalue weighted by Crippen LogP contribution is 2.48. The molecule has 112 valence electrons. The molecule has 0 unspecified atom stereocenters. The minimum Gasteiger partial charge on any atom is -0.406 e. The largest absolute Gasteiger partial charge is 0.406 e. The normalized spacial score (nSPS) is 23.7. The number of hydrogen-bond donors (Lipinski definition) is 0. The Morgan fingerprint density at radius 1 is 1.05 bits per heavy atom. The van der Waals surface area contributed by atoms with Crippen LogP contribution in [0.25, 0.3) is 0 Å². The van der Waals surface area contributed by atoms with Crippen LogP contribution in [0.1, 0.15) is 24.0 Å². The number of rotatable bonds is 3. The maximum atomic E-state index is 6.76. The molecule has 0 N–H and O–H groups in total. The summed E-state index contributed by atoms with van der Waals surface area (Å²) in [6.07, 6.45) is 2.47. The van der Waals surface area contributed by atoms with Gasteiger partial charge in [0.2, 0.25) is 0 Å². The third-order valence-electron chi connectivity index (χ3n) is 4.99. The van der Waals surface area contributed by atoms with Crippen LogP contribution in [-0.4, -0.2) is 28.8 Å². The van der Waals surface area contributed by atoms with E-state index in [2.05, 4.69) is 88.1 Å². The molecule has 0 aromatic heterocycles. The van der Waals surface area contributed by atoms with Crippen LogP contribution in [0.2, 0.25) is 0 Å². The minimum atomic E-state index is -0.325. The predicted octanol–water partition coefficient (Wildman–Crippen LogP) is 3.89. The van der Waals surface area contributed by atoms with E-state index >= 15 is 0 Å². The van der Waals surface area contributed by atoms with Crippen LogP contribution in [0.4, 0.5) is 0 Å². The molecule has 0 radical (unpaired) electrons. The number of halogens is 1. The summed E-state index contributed by atoms with van der Waals surface area (Å²) in [6.45, 7) is 1.15. The van der Waals surface area contributed by atoms with Gasteiger partial charge in [-0.3, -0.25) is 0 Å². The lowest BCUT2D eigenvalue weighted by atomic mass is 9.79.